The van der Waals surface area contributed by atoms with E-state index in [9.17, 15) is 0 Å². The SMILES string of the molecule is COc1ccc(Cl)c(N2C3CCCC2CC(N)C3)c1. The normalized spacial score (nSPS) is 30.3. The fourth-order valence-corrected chi connectivity index (χ4v) is 3.85. The predicted octanol–water partition coefficient (Wildman–Crippen LogP) is 3.20. The Bertz CT molecular complexity index is 451. The third kappa shape index (κ3) is 2.41. The summed E-state index contributed by atoms with van der Waals surface area (Å²) in [5.74, 6) is 0.868. The zero-order valence-electron chi connectivity index (χ0n) is 11.3. The molecule has 0 aliphatic carbocycles. The minimum Gasteiger partial charge on any atom is -0.497 e. The Morgan fingerprint density at radius 3 is 2.58 bits per heavy atom. The number of fused-ring (bicyclic) bond motifs is 2. The van der Waals surface area contributed by atoms with E-state index in [0.29, 0.717) is 18.1 Å². The van der Waals surface area contributed by atoms with Crippen molar-refractivity contribution in [1.29, 1.82) is 0 Å². The first-order valence-corrected chi connectivity index (χ1v) is 7.44. The zero-order chi connectivity index (χ0) is 13.4. The van der Waals surface area contributed by atoms with Crippen LogP contribution < -0.4 is 15.4 Å². The predicted molar refractivity (Wildman–Crippen MR) is 79.1 cm³/mol. The number of nitrogens with zero attached hydrogens (tertiary/aromatic N) is 1. The van der Waals surface area contributed by atoms with Gasteiger partial charge in [-0.3, -0.25) is 0 Å². The van der Waals surface area contributed by atoms with Gasteiger partial charge in [-0.1, -0.05) is 11.6 Å². The fourth-order valence-electron chi connectivity index (χ4n) is 3.63. The van der Waals surface area contributed by atoms with Gasteiger partial charge in [0.1, 0.15) is 5.75 Å². The van der Waals surface area contributed by atoms with Gasteiger partial charge in [0.25, 0.3) is 0 Å². The Labute approximate surface area is 119 Å². The average molecular weight is 281 g/mol. The number of nitrogens with two attached hydrogens (primary N) is 1. The van der Waals surface area contributed by atoms with Crippen molar-refractivity contribution in [2.24, 2.45) is 5.73 Å². The molecular formula is C15H21ClN2O. The molecule has 19 heavy (non-hydrogen) atoms. The van der Waals surface area contributed by atoms with Gasteiger partial charge in [0.2, 0.25) is 0 Å². The zero-order valence-corrected chi connectivity index (χ0v) is 12.1. The summed E-state index contributed by atoms with van der Waals surface area (Å²) in [6.45, 7) is 0. The molecule has 104 valence electrons. The van der Waals surface area contributed by atoms with Crippen molar-refractivity contribution in [1.82, 2.24) is 0 Å². The van der Waals surface area contributed by atoms with Crippen LogP contribution in [0.5, 0.6) is 5.75 Å². The number of piperidine rings is 2. The van der Waals surface area contributed by atoms with Crippen LogP contribution in [0.25, 0.3) is 0 Å². The summed E-state index contributed by atoms with van der Waals surface area (Å²) in [5, 5.41) is 0.813. The highest BCUT2D eigenvalue weighted by atomic mass is 35.5. The van der Waals surface area contributed by atoms with Crippen LogP contribution in [-0.2, 0) is 0 Å². The van der Waals surface area contributed by atoms with E-state index in [4.69, 9.17) is 22.1 Å². The monoisotopic (exact) mass is 280 g/mol. The fraction of sp³-hybridized carbons (Fsp3) is 0.600. The van der Waals surface area contributed by atoms with E-state index in [1.807, 2.05) is 12.1 Å². The van der Waals surface area contributed by atoms with Crippen molar-refractivity contribution in [2.45, 2.75) is 50.2 Å². The second-order valence-corrected chi connectivity index (χ2v) is 6.10. The molecule has 2 atom stereocenters. The molecule has 2 N–H and O–H groups in total. The van der Waals surface area contributed by atoms with Crippen LogP contribution in [0.1, 0.15) is 32.1 Å². The van der Waals surface area contributed by atoms with Crippen LogP contribution >= 0.6 is 11.6 Å². The second-order valence-electron chi connectivity index (χ2n) is 5.69. The Morgan fingerprint density at radius 1 is 1.26 bits per heavy atom. The first-order chi connectivity index (χ1) is 9.19. The maximum absolute atomic E-state index is 6.41. The number of anilines is 1. The summed E-state index contributed by atoms with van der Waals surface area (Å²) in [7, 11) is 1.69. The lowest BCUT2D eigenvalue weighted by molar-refractivity contribution is 0.271. The minimum atomic E-state index is 0.343. The van der Waals surface area contributed by atoms with E-state index < -0.39 is 0 Å². The number of ether oxygens (including phenoxy) is 1. The maximum Gasteiger partial charge on any atom is 0.121 e. The summed E-state index contributed by atoms with van der Waals surface area (Å²) < 4.78 is 5.33. The van der Waals surface area contributed by atoms with Crippen molar-refractivity contribution in [2.75, 3.05) is 12.0 Å². The quantitative estimate of drug-likeness (QED) is 0.904. The third-order valence-electron chi connectivity index (χ3n) is 4.44. The van der Waals surface area contributed by atoms with Crippen molar-refractivity contribution < 1.29 is 4.74 Å². The van der Waals surface area contributed by atoms with E-state index >= 15 is 0 Å². The van der Waals surface area contributed by atoms with Crippen molar-refractivity contribution in [3.05, 3.63) is 23.2 Å². The summed E-state index contributed by atoms with van der Waals surface area (Å²) >= 11 is 6.41. The lowest BCUT2D eigenvalue weighted by Gasteiger charge is -2.50. The van der Waals surface area contributed by atoms with E-state index in [0.717, 1.165) is 29.3 Å². The molecule has 2 fully saturated rings. The molecule has 2 saturated heterocycles. The Kier molecular flexibility index (Phi) is 3.59. The highest BCUT2D eigenvalue weighted by Crippen LogP contribution is 2.41. The van der Waals surface area contributed by atoms with Crippen LogP contribution in [0, 0.1) is 0 Å². The molecule has 2 heterocycles. The number of hydrogen-bond donors (Lipinski definition) is 1. The molecular weight excluding hydrogens is 260 g/mol. The van der Waals surface area contributed by atoms with Gasteiger partial charge < -0.3 is 15.4 Å². The van der Waals surface area contributed by atoms with Gasteiger partial charge >= 0.3 is 0 Å². The number of methoxy groups -OCH3 is 1. The maximum atomic E-state index is 6.41. The molecule has 3 rings (SSSR count). The Morgan fingerprint density at radius 2 is 1.95 bits per heavy atom. The van der Waals surface area contributed by atoms with Crippen LogP contribution in [0.3, 0.4) is 0 Å². The van der Waals surface area contributed by atoms with E-state index in [2.05, 4.69) is 11.0 Å². The molecule has 0 radical (unpaired) electrons. The van der Waals surface area contributed by atoms with Gasteiger partial charge in [-0.15, -0.1) is 0 Å². The molecule has 2 unspecified atom stereocenters. The number of benzene rings is 1. The highest BCUT2D eigenvalue weighted by Gasteiger charge is 2.37. The van der Waals surface area contributed by atoms with Gasteiger partial charge in [-0.2, -0.15) is 0 Å². The van der Waals surface area contributed by atoms with Crippen molar-refractivity contribution in [3.63, 3.8) is 0 Å². The average Bonchev–Trinajstić information content (AvgIpc) is 2.39. The smallest absolute Gasteiger partial charge is 0.121 e. The molecule has 0 amide bonds. The molecule has 0 saturated carbocycles. The molecule has 2 bridgehead atoms. The van der Waals surface area contributed by atoms with Crippen LogP contribution in [0.4, 0.5) is 5.69 Å². The lowest BCUT2D eigenvalue weighted by Crippen LogP contribution is -2.55. The summed E-state index contributed by atoms with van der Waals surface area (Å²) in [4.78, 5) is 2.50. The van der Waals surface area contributed by atoms with Gasteiger partial charge in [0.15, 0.2) is 0 Å². The Hall–Kier alpha value is -0.930. The molecule has 1 aromatic carbocycles. The van der Waals surface area contributed by atoms with Crippen molar-refractivity contribution in [3.8, 4) is 5.75 Å². The summed E-state index contributed by atoms with van der Waals surface area (Å²) in [6.07, 6.45) is 5.89. The largest absolute Gasteiger partial charge is 0.497 e. The minimum absolute atomic E-state index is 0.343. The van der Waals surface area contributed by atoms with Crippen LogP contribution in [0.2, 0.25) is 5.02 Å². The van der Waals surface area contributed by atoms with E-state index in [-0.39, 0.29) is 0 Å². The number of halogens is 1. The van der Waals surface area contributed by atoms with Crippen LogP contribution in [0.15, 0.2) is 18.2 Å². The van der Waals surface area contributed by atoms with E-state index in [1.165, 1.54) is 19.3 Å². The third-order valence-corrected chi connectivity index (χ3v) is 4.76. The molecule has 4 heteroatoms. The lowest BCUT2D eigenvalue weighted by atomic mass is 9.81. The molecule has 1 aromatic rings. The molecule has 0 spiro atoms. The highest BCUT2D eigenvalue weighted by molar-refractivity contribution is 6.33. The van der Waals surface area contributed by atoms with Gasteiger partial charge in [-0.05, 0) is 44.2 Å². The number of rotatable bonds is 2. The van der Waals surface area contributed by atoms with Gasteiger partial charge in [0, 0.05) is 24.2 Å². The number of hydrogen-bond acceptors (Lipinski definition) is 3. The van der Waals surface area contributed by atoms with Gasteiger partial charge in [0.05, 0.1) is 17.8 Å². The first kappa shape index (κ1) is 13.1. The first-order valence-electron chi connectivity index (χ1n) is 7.06. The van der Waals surface area contributed by atoms with Crippen molar-refractivity contribution >= 4 is 17.3 Å². The molecule has 2 aliphatic rings. The molecule has 0 aromatic heterocycles. The molecule has 3 nitrogen and oxygen atoms in total. The van der Waals surface area contributed by atoms with Crippen LogP contribution in [-0.4, -0.2) is 25.2 Å². The topological polar surface area (TPSA) is 38.5 Å². The van der Waals surface area contributed by atoms with E-state index in [1.54, 1.807) is 7.11 Å². The second kappa shape index (κ2) is 5.22. The summed E-state index contributed by atoms with van der Waals surface area (Å²) in [6, 6.07) is 7.32. The summed E-state index contributed by atoms with van der Waals surface area (Å²) in [5.41, 5.74) is 7.29. The Balaban J connectivity index is 1.96. The molecule has 2 aliphatic heterocycles. The standard InChI is InChI=1S/C15H21ClN2O/c1-19-13-5-6-14(16)15(9-13)18-11-3-2-4-12(18)8-10(17)7-11/h5-6,9-12H,2-4,7-8,17H2,1H3. The van der Waals surface area contributed by atoms with Gasteiger partial charge in [-0.25, -0.2) is 0 Å².